The standard InChI is InChI=1S/C8H10O2.C7H14O2/c1-2-3-6-4-7(9)5-8(6)10;1-4-5-7(8)9-6(2)3/h2,4,7,9H,1,3,5H2;6H,4-5H2,1-3H3. The predicted molar refractivity (Wildman–Crippen MR) is 74.7 cm³/mol. The highest BCUT2D eigenvalue weighted by Crippen LogP contribution is 2.17. The molecule has 0 fully saturated rings. The molecule has 0 aromatic heterocycles. The first-order valence-electron chi connectivity index (χ1n) is 6.63. The van der Waals surface area contributed by atoms with Gasteiger partial charge in [-0.1, -0.05) is 13.0 Å². The second-order valence-corrected chi connectivity index (χ2v) is 4.67. The van der Waals surface area contributed by atoms with Crippen molar-refractivity contribution in [3.63, 3.8) is 0 Å². The Balaban J connectivity index is 0.000000344. The Morgan fingerprint density at radius 3 is 2.63 bits per heavy atom. The molecule has 0 aromatic carbocycles. The van der Waals surface area contributed by atoms with Gasteiger partial charge < -0.3 is 9.84 Å². The van der Waals surface area contributed by atoms with Gasteiger partial charge in [0.1, 0.15) is 0 Å². The summed E-state index contributed by atoms with van der Waals surface area (Å²) in [5, 5.41) is 8.97. The van der Waals surface area contributed by atoms with Crippen LogP contribution in [-0.4, -0.2) is 29.1 Å². The van der Waals surface area contributed by atoms with Gasteiger partial charge in [-0.25, -0.2) is 0 Å². The molecule has 0 saturated heterocycles. The lowest BCUT2D eigenvalue weighted by Gasteiger charge is -2.05. The maximum absolute atomic E-state index is 10.9. The van der Waals surface area contributed by atoms with Gasteiger partial charge in [-0.05, 0) is 38.3 Å². The lowest BCUT2D eigenvalue weighted by Crippen LogP contribution is -2.10. The minimum absolute atomic E-state index is 0.0315. The fourth-order valence-corrected chi connectivity index (χ4v) is 1.57. The number of esters is 1. The number of carbonyl (C=O) groups excluding carboxylic acids is 2. The van der Waals surface area contributed by atoms with E-state index in [1.54, 1.807) is 12.2 Å². The van der Waals surface area contributed by atoms with Crippen molar-refractivity contribution in [2.75, 3.05) is 0 Å². The number of aliphatic hydroxyl groups is 1. The summed E-state index contributed by atoms with van der Waals surface area (Å²) in [5.74, 6) is -0.0418. The number of allylic oxidation sites excluding steroid dienone is 2. The maximum Gasteiger partial charge on any atom is 0.306 e. The van der Waals surface area contributed by atoms with Crippen LogP contribution in [0.1, 0.15) is 46.5 Å². The first-order chi connectivity index (χ1) is 8.90. The molecule has 108 valence electrons. The van der Waals surface area contributed by atoms with E-state index < -0.39 is 6.10 Å². The van der Waals surface area contributed by atoms with Crippen molar-refractivity contribution in [3.05, 3.63) is 24.3 Å². The van der Waals surface area contributed by atoms with E-state index in [1.807, 2.05) is 20.8 Å². The lowest BCUT2D eigenvalue weighted by molar-refractivity contribution is -0.147. The molecule has 0 aliphatic heterocycles. The molecule has 0 spiro atoms. The zero-order valence-corrected chi connectivity index (χ0v) is 12.0. The van der Waals surface area contributed by atoms with Gasteiger partial charge in [-0.15, -0.1) is 6.58 Å². The summed E-state index contributed by atoms with van der Waals surface area (Å²) in [6.45, 7) is 9.18. The van der Waals surface area contributed by atoms with Crippen LogP contribution < -0.4 is 0 Å². The smallest absolute Gasteiger partial charge is 0.306 e. The van der Waals surface area contributed by atoms with Crippen LogP contribution in [0.15, 0.2) is 24.3 Å². The number of Topliss-reactive ketones (excluding diaryl/α,β-unsaturated/α-hetero) is 1. The van der Waals surface area contributed by atoms with E-state index in [0.717, 1.165) is 6.42 Å². The molecular formula is C15H24O4. The fraction of sp³-hybridized carbons (Fsp3) is 0.600. The van der Waals surface area contributed by atoms with Gasteiger partial charge in [0.15, 0.2) is 5.78 Å². The molecule has 1 rings (SSSR count). The molecule has 4 nitrogen and oxygen atoms in total. The van der Waals surface area contributed by atoms with Gasteiger partial charge in [-0.3, -0.25) is 9.59 Å². The first-order valence-corrected chi connectivity index (χ1v) is 6.63. The molecule has 0 heterocycles. The molecule has 1 unspecified atom stereocenters. The minimum atomic E-state index is -0.553. The molecule has 1 aliphatic carbocycles. The Kier molecular flexibility index (Phi) is 8.79. The molecule has 0 amide bonds. The Morgan fingerprint density at radius 1 is 1.63 bits per heavy atom. The van der Waals surface area contributed by atoms with Crippen LogP contribution in [0.3, 0.4) is 0 Å². The molecule has 1 atom stereocenters. The van der Waals surface area contributed by atoms with E-state index in [2.05, 4.69) is 6.58 Å². The van der Waals surface area contributed by atoms with Crippen LogP contribution in [0, 0.1) is 0 Å². The lowest BCUT2D eigenvalue weighted by atomic mass is 10.1. The van der Waals surface area contributed by atoms with Gasteiger partial charge in [0, 0.05) is 12.8 Å². The molecule has 0 saturated carbocycles. The number of aliphatic hydroxyl groups excluding tert-OH is 1. The molecule has 0 radical (unpaired) electrons. The summed E-state index contributed by atoms with van der Waals surface area (Å²) in [6, 6.07) is 0. The third kappa shape index (κ3) is 8.32. The predicted octanol–water partition coefficient (Wildman–Crippen LogP) is 2.56. The number of hydrogen-bond acceptors (Lipinski definition) is 4. The third-order valence-corrected chi connectivity index (χ3v) is 2.33. The molecule has 1 aliphatic rings. The molecular weight excluding hydrogens is 244 g/mol. The average molecular weight is 268 g/mol. The third-order valence-electron chi connectivity index (χ3n) is 2.33. The van der Waals surface area contributed by atoms with Gasteiger partial charge in [0.05, 0.1) is 12.2 Å². The van der Waals surface area contributed by atoms with Crippen molar-refractivity contribution in [1.29, 1.82) is 0 Å². The number of ketones is 1. The number of carbonyl (C=O) groups is 2. The zero-order chi connectivity index (χ0) is 14.8. The number of ether oxygens (including phenoxy) is 1. The molecule has 19 heavy (non-hydrogen) atoms. The van der Waals surface area contributed by atoms with Crippen LogP contribution in [-0.2, 0) is 14.3 Å². The van der Waals surface area contributed by atoms with Crippen molar-refractivity contribution in [3.8, 4) is 0 Å². The Hall–Kier alpha value is -1.42. The Labute approximate surface area is 115 Å². The van der Waals surface area contributed by atoms with E-state index in [0.29, 0.717) is 18.4 Å². The quantitative estimate of drug-likeness (QED) is 0.615. The van der Waals surface area contributed by atoms with Crippen molar-refractivity contribution in [2.24, 2.45) is 0 Å². The van der Waals surface area contributed by atoms with Crippen molar-refractivity contribution in [1.82, 2.24) is 0 Å². The zero-order valence-electron chi connectivity index (χ0n) is 12.0. The van der Waals surface area contributed by atoms with Crippen molar-refractivity contribution < 1.29 is 19.4 Å². The molecule has 0 aromatic rings. The molecule has 0 bridgehead atoms. The monoisotopic (exact) mass is 268 g/mol. The van der Waals surface area contributed by atoms with E-state index in [4.69, 9.17) is 9.84 Å². The van der Waals surface area contributed by atoms with Crippen LogP contribution in [0.25, 0.3) is 0 Å². The SMILES string of the molecule is C=CCC1=CC(O)CC1=O.CCCC(=O)OC(C)C. The van der Waals surface area contributed by atoms with Gasteiger partial charge >= 0.3 is 5.97 Å². The first kappa shape index (κ1) is 17.6. The summed E-state index contributed by atoms with van der Waals surface area (Å²) in [7, 11) is 0. The average Bonchev–Trinajstić information content (AvgIpc) is 2.58. The minimum Gasteiger partial charge on any atom is -0.463 e. The van der Waals surface area contributed by atoms with Gasteiger partial charge in [0.2, 0.25) is 0 Å². The highest BCUT2D eigenvalue weighted by atomic mass is 16.5. The maximum atomic E-state index is 10.9. The highest BCUT2D eigenvalue weighted by molar-refractivity contribution is 5.98. The van der Waals surface area contributed by atoms with E-state index >= 15 is 0 Å². The highest BCUT2D eigenvalue weighted by Gasteiger charge is 2.20. The normalized spacial score (nSPS) is 17.6. The van der Waals surface area contributed by atoms with Gasteiger partial charge in [-0.2, -0.15) is 0 Å². The second-order valence-electron chi connectivity index (χ2n) is 4.67. The second kappa shape index (κ2) is 9.50. The number of hydrogen-bond donors (Lipinski definition) is 1. The number of rotatable bonds is 5. The van der Waals surface area contributed by atoms with Crippen LogP contribution in [0.4, 0.5) is 0 Å². The fourth-order valence-electron chi connectivity index (χ4n) is 1.57. The summed E-state index contributed by atoms with van der Waals surface area (Å²) in [5.41, 5.74) is 0.697. The Bertz CT molecular complexity index is 342. The molecule has 4 heteroatoms. The molecule has 1 N–H and O–H groups in total. The van der Waals surface area contributed by atoms with Crippen LogP contribution in [0.5, 0.6) is 0 Å². The Morgan fingerprint density at radius 2 is 2.26 bits per heavy atom. The van der Waals surface area contributed by atoms with E-state index in [-0.39, 0.29) is 24.3 Å². The van der Waals surface area contributed by atoms with Gasteiger partial charge in [0.25, 0.3) is 0 Å². The largest absolute Gasteiger partial charge is 0.463 e. The summed E-state index contributed by atoms with van der Waals surface area (Å²) >= 11 is 0. The van der Waals surface area contributed by atoms with E-state index in [9.17, 15) is 9.59 Å². The van der Waals surface area contributed by atoms with Crippen molar-refractivity contribution >= 4 is 11.8 Å². The summed E-state index contributed by atoms with van der Waals surface area (Å²) in [4.78, 5) is 21.5. The van der Waals surface area contributed by atoms with E-state index in [1.165, 1.54) is 0 Å². The summed E-state index contributed by atoms with van der Waals surface area (Å²) in [6.07, 6.45) is 4.99. The van der Waals surface area contributed by atoms with Crippen molar-refractivity contribution in [2.45, 2.75) is 58.7 Å². The summed E-state index contributed by atoms with van der Waals surface area (Å²) < 4.78 is 4.85. The van der Waals surface area contributed by atoms with Crippen LogP contribution >= 0.6 is 0 Å². The van der Waals surface area contributed by atoms with Crippen LogP contribution in [0.2, 0.25) is 0 Å². The topological polar surface area (TPSA) is 63.6 Å².